The van der Waals surface area contributed by atoms with Gasteiger partial charge in [-0.1, -0.05) is 25.6 Å². The lowest BCUT2D eigenvalue weighted by Gasteiger charge is -2.18. The van der Waals surface area contributed by atoms with Gasteiger partial charge in [0.15, 0.2) is 0 Å². The van der Waals surface area contributed by atoms with Crippen molar-refractivity contribution in [2.75, 3.05) is 11.9 Å². The van der Waals surface area contributed by atoms with E-state index in [4.69, 9.17) is 0 Å². The van der Waals surface area contributed by atoms with Gasteiger partial charge in [-0.05, 0) is 36.6 Å². The summed E-state index contributed by atoms with van der Waals surface area (Å²) in [6.07, 6.45) is 0.674. The monoisotopic (exact) mass is 318 g/mol. The Morgan fingerprint density at radius 1 is 1.29 bits per heavy atom. The molecule has 0 spiro atoms. The number of halogens is 2. The number of alkyl halides is 2. The number of hydrogen-bond acceptors (Lipinski definition) is 3. The van der Waals surface area contributed by atoms with Crippen molar-refractivity contribution >= 4 is 23.5 Å². The maximum absolute atomic E-state index is 12.2. The molecule has 1 rings (SSSR count). The molecule has 21 heavy (non-hydrogen) atoms. The van der Waals surface area contributed by atoms with Crippen molar-refractivity contribution in [3.8, 4) is 0 Å². The Balaban J connectivity index is 2.50. The first-order chi connectivity index (χ1) is 9.90. The number of aliphatic hydroxyl groups is 1. The Kier molecular flexibility index (Phi) is 7.45. The maximum Gasteiger partial charge on any atom is 0.319 e. The predicted molar refractivity (Wildman–Crippen MR) is 80.8 cm³/mol. The zero-order valence-corrected chi connectivity index (χ0v) is 12.8. The summed E-state index contributed by atoms with van der Waals surface area (Å²) in [5, 5.41) is 14.5. The number of thioether (sulfide) groups is 1. The molecule has 0 aliphatic heterocycles. The molecule has 7 heteroatoms. The van der Waals surface area contributed by atoms with Gasteiger partial charge in [-0.2, -0.15) is 8.78 Å². The molecule has 1 atom stereocenters. The van der Waals surface area contributed by atoms with Crippen molar-refractivity contribution in [3.63, 3.8) is 0 Å². The Labute approximate surface area is 127 Å². The smallest absolute Gasteiger partial charge is 0.319 e. The molecule has 118 valence electrons. The fourth-order valence-electron chi connectivity index (χ4n) is 1.82. The highest BCUT2D eigenvalue weighted by Gasteiger charge is 2.13. The fourth-order valence-corrected chi connectivity index (χ4v) is 2.32. The van der Waals surface area contributed by atoms with Crippen molar-refractivity contribution in [3.05, 3.63) is 24.3 Å². The van der Waals surface area contributed by atoms with E-state index in [0.717, 1.165) is 0 Å². The fraction of sp³-hybridized carbons (Fsp3) is 0.500. The van der Waals surface area contributed by atoms with Gasteiger partial charge in [0.05, 0.1) is 12.6 Å². The molecule has 1 aromatic carbocycles. The predicted octanol–water partition coefficient (Wildman–Crippen LogP) is 3.53. The van der Waals surface area contributed by atoms with E-state index < -0.39 is 11.8 Å². The van der Waals surface area contributed by atoms with Crippen LogP contribution in [-0.4, -0.2) is 29.5 Å². The van der Waals surface area contributed by atoms with Crippen LogP contribution >= 0.6 is 11.8 Å². The zero-order chi connectivity index (χ0) is 15.8. The van der Waals surface area contributed by atoms with Gasteiger partial charge in [0, 0.05) is 10.6 Å². The van der Waals surface area contributed by atoms with Crippen LogP contribution in [0.5, 0.6) is 0 Å². The van der Waals surface area contributed by atoms with E-state index >= 15 is 0 Å². The molecule has 0 aliphatic rings. The summed E-state index contributed by atoms with van der Waals surface area (Å²) in [5.41, 5.74) is 0.507. The van der Waals surface area contributed by atoms with Crippen LogP contribution in [0.4, 0.5) is 19.3 Å². The van der Waals surface area contributed by atoms with Gasteiger partial charge in [0.1, 0.15) is 0 Å². The average Bonchev–Trinajstić information content (AvgIpc) is 2.39. The second-order valence-corrected chi connectivity index (χ2v) is 6.07. The lowest BCUT2D eigenvalue weighted by atomic mass is 10.0. The third-order valence-electron chi connectivity index (χ3n) is 2.65. The van der Waals surface area contributed by atoms with Gasteiger partial charge >= 0.3 is 6.03 Å². The molecule has 0 saturated carbocycles. The minimum Gasteiger partial charge on any atom is -0.394 e. The largest absolute Gasteiger partial charge is 0.394 e. The van der Waals surface area contributed by atoms with Crippen molar-refractivity contribution in [1.82, 2.24) is 5.32 Å². The molecule has 0 aliphatic carbocycles. The SMILES string of the molecule is CC(C)CC(CO)NC(=O)Nc1ccc(SC(F)F)cc1. The zero-order valence-electron chi connectivity index (χ0n) is 12.0. The van der Waals surface area contributed by atoms with E-state index in [0.29, 0.717) is 34.7 Å². The van der Waals surface area contributed by atoms with Crippen LogP contribution in [0.15, 0.2) is 29.2 Å². The normalized spacial score (nSPS) is 12.5. The van der Waals surface area contributed by atoms with Crippen LogP contribution in [0.2, 0.25) is 0 Å². The summed E-state index contributed by atoms with van der Waals surface area (Å²) >= 11 is 0.452. The number of aliphatic hydroxyl groups excluding tert-OH is 1. The van der Waals surface area contributed by atoms with Crippen LogP contribution in [0.25, 0.3) is 0 Å². The number of amides is 2. The van der Waals surface area contributed by atoms with Crippen molar-refractivity contribution in [2.24, 2.45) is 5.92 Å². The number of hydrogen-bond donors (Lipinski definition) is 3. The van der Waals surface area contributed by atoms with E-state index in [1.165, 1.54) is 12.1 Å². The van der Waals surface area contributed by atoms with Gasteiger partial charge in [0.25, 0.3) is 5.76 Å². The maximum atomic E-state index is 12.2. The molecule has 0 bridgehead atoms. The Morgan fingerprint density at radius 2 is 1.90 bits per heavy atom. The Morgan fingerprint density at radius 3 is 2.38 bits per heavy atom. The third-order valence-corrected chi connectivity index (χ3v) is 3.37. The summed E-state index contributed by atoms with van der Waals surface area (Å²) in [7, 11) is 0. The summed E-state index contributed by atoms with van der Waals surface area (Å²) in [4.78, 5) is 12.2. The first-order valence-electron chi connectivity index (χ1n) is 6.64. The molecule has 0 aromatic heterocycles. The van der Waals surface area contributed by atoms with Gasteiger partial charge in [-0.25, -0.2) is 4.79 Å². The van der Waals surface area contributed by atoms with E-state index in [1.54, 1.807) is 12.1 Å². The van der Waals surface area contributed by atoms with Crippen molar-refractivity contribution in [1.29, 1.82) is 0 Å². The molecule has 0 radical (unpaired) electrons. The number of benzene rings is 1. The van der Waals surface area contributed by atoms with Crippen LogP contribution in [-0.2, 0) is 0 Å². The lowest BCUT2D eigenvalue weighted by molar-refractivity contribution is 0.214. The van der Waals surface area contributed by atoms with Gasteiger partial charge < -0.3 is 15.7 Å². The van der Waals surface area contributed by atoms with E-state index in [9.17, 15) is 18.7 Å². The average molecular weight is 318 g/mol. The molecule has 1 unspecified atom stereocenters. The molecular formula is C14H20F2N2O2S. The summed E-state index contributed by atoms with van der Waals surface area (Å²) < 4.78 is 24.4. The van der Waals surface area contributed by atoms with Gasteiger partial charge in [-0.3, -0.25) is 0 Å². The molecular weight excluding hydrogens is 298 g/mol. The molecule has 0 heterocycles. The highest BCUT2D eigenvalue weighted by molar-refractivity contribution is 7.99. The molecule has 2 amide bonds. The van der Waals surface area contributed by atoms with Crippen LogP contribution < -0.4 is 10.6 Å². The minimum absolute atomic E-state index is 0.129. The molecule has 4 nitrogen and oxygen atoms in total. The van der Waals surface area contributed by atoms with Crippen molar-refractivity contribution < 1.29 is 18.7 Å². The Bertz CT molecular complexity index is 441. The quantitative estimate of drug-likeness (QED) is 0.674. The topological polar surface area (TPSA) is 61.4 Å². The minimum atomic E-state index is -2.46. The molecule has 0 saturated heterocycles. The van der Waals surface area contributed by atoms with E-state index in [2.05, 4.69) is 10.6 Å². The number of carbonyl (C=O) groups is 1. The summed E-state index contributed by atoms with van der Waals surface area (Å²) in [6.45, 7) is 3.87. The van der Waals surface area contributed by atoms with Gasteiger partial charge in [-0.15, -0.1) is 0 Å². The summed E-state index contributed by atoms with van der Waals surface area (Å²) in [5.74, 6) is -2.11. The Hall–Kier alpha value is -1.34. The number of carbonyl (C=O) groups excluding carboxylic acids is 1. The van der Waals surface area contributed by atoms with Gasteiger partial charge in [0.2, 0.25) is 0 Å². The lowest BCUT2D eigenvalue weighted by Crippen LogP contribution is -2.40. The number of rotatable bonds is 7. The summed E-state index contributed by atoms with van der Waals surface area (Å²) in [6, 6.07) is 5.41. The second kappa shape index (κ2) is 8.84. The second-order valence-electron chi connectivity index (χ2n) is 5.01. The first kappa shape index (κ1) is 17.7. The third kappa shape index (κ3) is 7.29. The van der Waals surface area contributed by atoms with E-state index in [1.807, 2.05) is 13.8 Å². The number of urea groups is 1. The van der Waals surface area contributed by atoms with Crippen LogP contribution in [0, 0.1) is 5.92 Å². The number of nitrogens with one attached hydrogen (secondary N) is 2. The van der Waals surface area contributed by atoms with Crippen LogP contribution in [0.1, 0.15) is 20.3 Å². The van der Waals surface area contributed by atoms with Crippen molar-refractivity contribution in [2.45, 2.75) is 37.0 Å². The van der Waals surface area contributed by atoms with E-state index in [-0.39, 0.29) is 12.6 Å². The molecule has 1 aromatic rings. The number of anilines is 1. The highest BCUT2D eigenvalue weighted by Crippen LogP contribution is 2.26. The highest BCUT2D eigenvalue weighted by atomic mass is 32.2. The first-order valence-corrected chi connectivity index (χ1v) is 7.52. The van der Waals surface area contributed by atoms with Crippen LogP contribution in [0.3, 0.4) is 0 Å². The molecule has 0 fully saturated rings. The standard InChI is InChI=1S/C14H20F2N2O2S/c1-9(2)7-11(8-19)18-14(20)17-10-3-5-12(6-4-10)21-13(15)16/h3-6,9,11,13,19H,7-8H2,1-2H3,(H2,17,18,20). The molecule has 3 N–H and O–H groups in total.